The monoisotopic (exact) mass is 635 g/mol. The van der Waals surface area contributed by atoms with E-state index in [2.05, 4.69) is 12.1 Å². The number of hydrogen-bond donors (Lipinski definition) is 0. The van der Waals surface area contributed by atoms with E-state index in [0.29, 0.717) is 33.6 Å². The van der Waals surface area contributed by atoms with Gasteiger partial charge in [0, 0.05) is 40.0 Å². The standard InChI is InChI=1S/C42H25F4NO/c43-32-16-30(17-33(44)24-32)27-7-4-10-37(21-27)47(38-11-5-8-28(22-38)31-18-34(45)25-35(46)19-31)36-9-3-6-26(20-36)29-14-15-42-40(23-29)39-12-1-2-13-41(39)48-42/h1-25H. The molecule has 0 aliphatic rings. The Morgan fingerprint density at radius 3 is 1.29 bits per heavy atom. The van der Waals surface area contributed by atoms with E-state index in [1.165, 1.54) is 24.3 Å². The number of hydrogen-bond acceptors (Lipinski definition) is 2. The molecule has 8 aromatic rings. The van der Waals surface area contributed by atoms with Gasteiger partial charge >= 0.3 is 0 Å². The van der Waals surface area contributed by atoms with Crippen LogP contribution in [0.3, 0.4) is 0 Å². The molecule has 0 saturated heterocycles. The summed E-state index contributed by atoms with van der Waals surface area (Å²) in [6.45, 7) is 0. The van der Waals surface area contributed by atoms with E-state index < -0.39 is 23.3 Å². The molecular formula is C42H25F4NO. The number of anilines is 3. The highest BCUT2D eigenvalue weighted by atomic mass is 19.1. The second kappa shape index (κ2) is 11.9. The van der Waals surface area contributed by atoms with E-state index in [0.717, 1.165) is 50.9 Å². The predicted molar refractivity (Wildman–Crippen MR) is 185 cm³/mol. The average molecular weight is 636 g/mol. The smallest absolute Gasteiger partial charge is 0.135 e. The zero-order chi connectivity index (χ0) is 32.8. The van der Waals surface area contributed by atoms with Crippen molar-refractivity contribution in [3.05, 3.63) is 175 Å². The van der Waals surface area contributed by atoms with Crippen LogP contribution in [-0.2, 0) is 0 Å². The lowest BCUT2D eigenvalue weighted by molar-refractivity contribution is 0.583. The Bertz CT molecular complexity index is 2350. The van der Waals surface area contributed by atoms with Crippen LogP contribution >= 0.6 is 0 Å². The predicted octanol–water partition coefficient (Wildman–Crippen LogP) is 12.6. The van der Waals surface area contributed by atoms with Gasteiger partial charge in [0.15, 0.2) is 0 Å². The van der Waals surface area contributed by atoms with Gasteiger partial charge in [0.05, 0.1) is 0 Å². The molecular weight excluding hydrogens is 610 g/mol. The maximum Gasteiger partial charge on any atom is 0.135 e. The molecule has 232 valence electrons. The van der Waals surface area contributed by atoms with Gasteiger partial charge in [-0.05, 0) is 112 Å². The molecule has 48 heavy (non-hydrogen) atoms. The Hall–Kier alpha value is -6.14. The number of benzene rings is 7. The van der Waals surface area contributed by atoms with Crippen molar-refractivity contribution in [2.75, 3.05) is 4.90 Å². The molecule has 7 aromatic carbocycles. The Morgan fingerprint density at radius 2 is 0.771 bits per heavy atom. The van der Waals surface area contributed by atoms with Crippen LogP contribution in [-0.4, -0.2) is 0 Å². The summed E-state index contributed by atoms with van der Waals surface area (Å²) in [5, 5.41) is 2.04. The lowest BCUT2D eigenvalue weighted by Gasteiger charge is -2.27. The Kier molecular flexibility index (Phi) is 7.26. The molecule has 6 heteroatoms. The third-order valence-corrected chi connectivity index (χ3v) is 8.41. The fraction of sp³-hybridized carbons (Fsp3) is 0. The molecule has 0 radical (unpaired) electrons. The number of para-hydroxylation sites is 1. The fourth-order valence-electron chi connectivity index (χ4n) is 6.27. The van der Waals surface area contributed by atoms with Crippen molar-refractivity contribution in [2.24, 2.45) is 0 Å². The van der Waals surface area contributed by atoms with Gasteiger partial charge in [-0.25, -0.2) is 17.6 Å². The summed E-state index contributed by atoms with van der Waals surface area (Å²) in [7, 11) is 0. The first-order valence-corrected chi connectivity index (χ1v) is 15.3. The first-order valence-electron chi connectivity index (χ1n) is 15.3. The van der Waals surface area contributed by atoms with Gasteiger partial charge < -0.3 is 9.32 Å². The highest BCUT2D eigenvalue weighted by molar-refractivity contribution is 6.06. The molecule has 0 spiro atoms. The summed E-state index contributed by atoms with van der Waals surface area (Å²) < 4.78 is 62.9. The highest BCUT2D eigenvalue weighted by Gasteiger charge is 2.17. The minimum atomic E-state index is -0.669. The van der Waals surface area contributed by atoms with Gasteiger partial charge in [0.25, 0.3) is 0 Å². The SMILES string of the molecule is Fc1cc(F)cc(-c2cccc(N(c3cccc(-c4cc(F)cc(F)c4)c3)c3cccc(-c4ccc5oc6ccccc6c5c4)c3)c2)c1. The molecule has 0 saturated carbocycles. The molecule has 0 fully saturated rings. The number of furan rings is 1. The molecule has 0 unspecified atom stereocenters. The van der Waals surface area contributed by atoms with Gasteiger partial charge in [-0.2, -0.15) is 0 Å². The lowest BCUT2D eigenvalue weighted by Crippen LogP contribution is -2.10. The Morgan fingerprint density at radius 1 is 0.333 bits per heavy atom. The highest BCUT2D eigenvalue weighted by Crippen LogP contribution is 2.40. The van der Waals surface area contributed by atoms with Crippen LogP contribution < -0.4 is 4.90 Å². The van der Waals surface area contributed by atoms with E-state index in [4.69, 9.17) is 4.42 Å². The van der Waals surface area contributed by atoms with E-state index in [-0.39, 0.29) is 0 Å². The average Bonchev–Trinajstić information content (AvgIpc) is 3.46. The van der Waals surface area contributed by atoms with Crippen molar-refractivity contribution in [1.82, 2.24) is 0 Å². The Labute approximate surface area is 273 Å². The van der Waals surface area contributed by atoms with Crippen molar-refractivity contribution in [3.8, 4) is 33.4 Å². The largest absolute Gasteiger partial charge is 0.456 e. The van der Waals surface area contributed by atoms with Crippen molar-refractivity contribution in [2.45, 2.75) is 0 Å². The van der Waals surface area contributed by atoms with Crippen LogP contribution in [0.1, 0.15) is 0 Å². The van der Waals surface area contributed by atoms with E-state index in [1.807, 2.05) is 95.9 Å². The summed E-state index contributed by atoms with van der Waals surface area (Å²) in [5.74, 6) is -2.68. The quantitative estimate of drug-likeness (QED) is 0.169. The summed E-state index contributed by atoms with van der Waals surface area (Å²) in [6, 6.07) is 43.7. The van der Waals surface area contributed by atoms with Gasteiger partial charge in [0.1, 0.15) is 34.4 Å². The van der Waals surface area contributed by atoms with Crippen LogP contribution in [0.15, 0.2) is 156 Å². The molecule has 2 nitrogen and oxygen atoms in total. The number of nitrogens with zero attached hydrogens (tertiary/aromatic N) is 1. The molecule has 0 bridgehead atoms. The molecule has 0 aliphatic carbocycles. The third kappa shape index (κ3) is 5.58. The maximum absolute atomic E-state index is 14.2. The van der Waals surface area contributed by atoms with Gasteiger partial charge in [-0.3, -0.25) is 0 Å². The molecule has 0 N–H and O–H groups in total. The van der Waals surface area contributed by atoms with Crippen LogP contribution in [0.5, 0.6) is 0 Å². The number of fused-ring (bicyclic) bond motifs is 3. The van der Waals surface area contributed by atoms with Crippen LogP contribution in [0.4, 0.5) is 34.6 Å². The first kappa shape index (κ1) is 29.3. The topological polar surface area (TPSA) is 16.4 Å². The second-order valence-electron chi connectivity index (χ2n) is 11.6. The molecule has 0 aliphatic heterocycles. The number of rotatable bonds is 6. The van der Waals surface area contributed by atoms with E-state index in [9.17, 15) is 17.6 Å². The molecule has 8 rings (SSSR count). The molecule has 1 aromatic heterocycles. The summed E-state index contributed by atoms with van der Waals surface area (Å²) in [5.41, 5.74) is 7.83. The summed E-state index contributed by atoms with van der Waals surface area (Å²) in [4.78, 5) is 2.01. The van der Waals surface area contributed by atoms with Crippen molar-refractivity contribution < 1.29 is 22.0 Å². The second-order valence-corrected chi connectivity index (χ2v) is 11.6. The summed E-state index contributed by atoms with van der Waals surface area (Å²) in [6.07, 6.45) is 0. The minimum absolute atomic E-state index is 0.396. The number of halogens is 4. The van der Waals surface area contributed by atoms with Crippen molar-refractivity contribution >= 4 is 39.0 Å². The first-order chi connectivity index (χ1) is 23.4. The third-order valence-electron chi connectivity index (χ3n) is 8.41. The normalized spacial score (nSPS) is 11.3. The maximum atomic E-state index is 14.2. The molecule has 0 amide bonds. The van der Waals surface area contributed by atoms with E-state index in [1.54, 1.807) is 12.1 Å². The van der Waals surface area contributed by atoms with Crippen LogP contribution in [0.2, 0.25) is 0 Å². The van der Waals surface area contributed by atoms with Gasteiger partial charge in [0.2, 0.25) is 0 Å². The van der Waals surface area contributed by atoms with Gasteiger partial charge in [-0.15, -0.1) is 0 Å². The zero-order valence-electron chi connectivity index (χ0n) is 25.3. The lowest BCUT2D eigenvalue weighted by atomic mass is 10.0. The fourth-order valence-corrected chi connectivity index (χ4v) is 6.27. The molecule has 0 atom stereocenters. The molecule has 1 heterocycles. The van der Waals surface area contributed by atoms with Crippen LogP contribution in [0, 0.1) is 23.3 Å². The van der Waals surface area contributed by atoms with E-state index >= 15 is 0 Å². The zero-order valence-corrected chi connectivity index (χ0v) is 25.3. The van der Waals surface area contributed by atoms with Crippen molar-refractivity contribution in [1.29, 1.82) is 0 Å². The van der Waals surface area contributed by atoms with Crippen molar-refractivity contribution in [3.63, 3.8) is 0 Å². The minimum Gasteiger partial charge on any atom is -0.456 e. The van der Waals surface area contributed by atoms with Gasteiger partial charge in [-0.1, -0.05) is 60.7 Å². The Balaban J connectivity index is 1.28. The van der Waals surface area contributed by atoms with Crippen LogP contribution in [0.25, 0.3) is 55.3 Å². The summed E-state index contributed by atoms with van der Waals surface area (Å²) >= 11 is 0.